The molecule has 0 saturated heterocycles. The number of nitro groups is 1. The molecule has 1 N–H and O–H groups in total. The lowest BCUT2D eigenvalue weighted by molar-refractivity contribution is -0.385. The number of nitro benzene ring substituents is 1. The summed E-state index contributed by atoms with van der Waals surface area (Å²) in [5.41, 5.74) is 2.86. The first-order valence-electron chi connectivity index (χ1n) is 10.2. The second-order valence-corrected chi connectivity index (χ2v) is 10.6. The highest BCUT2D eigenvalue weighted by Gasteiger charge is 2.31. The van der Waals surface area contributed by atoms with Gasteiger partial charge in [0.05, 0.1) is 28.8 Å². The summed E-state index contributed by atoms with van der Waals surface area (Å²) >= 11 is 9.44. The lowest BCUT2D eigenvalue weighted by Gasteiger charge is -2.25. The number of nitrogens with zero attached hydrogens (tertiary/aromatic N) is 3. The summed E-state index contributed by atoms with van der Waals surface area (Å²) in [7, 11) is -3.15. The van der Waals surface area contributed by atoms with Gasteiger partial charge in [-0.1, -0.05) is 45.7 Å². The summed E-state index contributed by atoms with van der Waals surface area (Å²) in [5, 5.41) is 15.5. The number of ether oxygens (including phenoxy) is 1. The molecule has 0 bridgehead atoms. The Bertz CT molecular complexity index is 1450. The van der Waals surface area contributed by atoms with E-state index in [1.54, 1.807) is 18.2 Å². The molecule has 0 unspecified atom stereocenters. The maximum absolute atomic E-state index is 13.6. The Kier molecular flexibility index (Phi) is 8.66. The summed E-state index contributed by atoms with van der Waals surface area (Å²) < 4.78 is 34.2. The van der Waals surface area contributed by atoms with Gasteiger partial charge in [-0.3, -0.25) is 19.2 Å². The number of hydrogen-bond acceptors (Lipinski definition) is 7. The maximum atomic E-state index is 13.6. The van der Waals surface area contributed by atoms with Crippen molar-refractivity contribution in [3.05, 3.63) is 91.4 Å². The second-order valence-electron chi connectivity index (χ2n) is 7.38. The van der Waals surface area contributed by atoms with E-state index in [0.717, 1.165) is 14.8 Å². The molecule has 0 fully saturated rings. The van der Waals surface area contributed by atoms with E-state index >= 15 is 0 Å². The number of rotatable bonds is 9. The van der Waals surface area contributed by atoms with Gasteiger partial charge in [-0.05, 0) is 48.9 Å². The van der Waals surface area contributed by atoms with Crippen molar-refractivity contribution < 1.29 is 22.9 Å². The van der Waals surface area contributed by atoms with E-state index in [-0.39, 0.29) is 32.6 Å². The Morgan fingerprint density at radius 3 is 2.64 bits per heavy atom. The van der Waals surface area contributed by atoms with E-state index in [4.69, 9.17) is 16.3 Å². The van der Waals surface area contributed by atoms with Gasteiger partial charge in [-0.2, -0.15) is 5.10 Å². The van der Waals surface area contributed by atoms with Crippen LogP contribution in [-0.4, -0.2) is 39.1 Å². The number of benzene rings is 3. The van der Waals surface area contributed by atoms with E-state index in [2.05, 4.69) is 26.5 Å². The first-order chi connectivity index (χ1) is 17.0. The van der Waals surface area contributed by atoms with Gasteiger partial charge in [0.1, 0.15) is 12.3 Å². The minimum absolute atomic E-state index is 0.0284. The van der Waals surface area contributed by atoms with Crippen LogP contribution in [0.15, 0.2) is 75.1 Å². The number of halogens is 2. The molecule has 0 atom stereocenters. The highest BCUT2D eigenvalue weighted by Crippen LogP contribution is 2.35. The largest absolute Gasteiger partial charge is 0.495 e. The number of hydrogen-bond donors (Lipinski definition) is 1. The van der Waals surface area contributed by atoms with Gasteiger partial charge in [0.2, 0.25) is 0 Å². The molecule has 0 aromatic heterocycles. The van der Waals surface area contributed by atoms with E-state index in [1.807, 2.05) is 6.07 Å². The fourth-order valence-electron chi connectivity index (χ4n) is 3.16. The number of anilines is 1. The third-order valence-electron chi connectivity index (χ3n) is 4.91. The molecule has 0 heterocycles. The Hall–Kier alpha value is -3.48. The van der Waals surface area contributed by atoms with Gasteiger partial charge in [-0.25, -0.2) is 13.8 Å². The molecule has 0 spiro atoms. The second kappa shape index (κ2) is 11.5. The van der Waals surface area contributed by atoms with Crippen LogP contribution in [0.3, 0.4) is 0 Å². The summed E-state index contributed by atoms with van der Waals surface area (Å²) in [6.07, 6.45) is 1.39. The van der Waals surface area contributed by atoms with Gasteiger partial charge in [0.25, 0.3) is 21.6 Å². The summed E-state index contributed by atoms with van der Waals surface area (Å²) in [6.45, 7) is 0.777. The fraction of sp³-hybridized carbons (Fsp3) is 0.130. The Labute approximate surface area is 220 Å². The van der Waals surface area contributed by atoms with Crippen LogP contribution in [0.2, 0.25) is 5.02 Å². The number of aryl methyl sites for hydroxylation is 1. The quantitative estimate of drug-likeness (QED) is 0.217. The topological polar surface area (TPSA) is 131 Å². The number of methoxy groups -OCH3 is 1. The Morgan fingerprint density at radius 2 is 1.97 bits per heavy atom. The summed E-state index contributed by atoms with van der Waals surface area (Å²) in [6, 6.07) is 14.9. The zero-order chi connectivity index (χ0) is 26.5. The zero-order valence-electron chi connectivity index (χ0n) is 19.0. The molecule has 3 aromatic rings. The van der Waals surface area contributed by atoms with Crippen molar-refractivity contribution in [3.8, 4) is 5.75 Å². The standard InChI is InChI=1S/C23H20BrClN4O6S/c1-15-6-8-19(12-20(15)29(31)32)36(33,34)28(21-11-18(25)7-9-22(21)35-2)14-23(30)27-26-13-16-4-3-5-17(24)10-16/h3-13H,14H2,1-2H3,(H,27,30)/b26-13-. The molecule has 0 aliphatic carbocycles. The molecule has 3 aromatic carbocycles. The van der Waals surface area contributed by atoms with Gasteiger partial charge < -0.3 is 4.74 Å². The van der Waals surface area contributed by atoms with Gasteiger partial charge in [0, 0.05) is 21.1 Å². The van der Waals surface area contributed by atoms with Crippen LogP contribution in [0.25, 0.3) is 0 Å². The molecule has 36 heavy (non-hydrogen) atoms. The predicted molar refractivity (Wildman–Crippen MR) is 140 cm³/mol. The zero-order valence-corrected chi connectivity index (χ0v) is 22.2. The molecule has 1 amide bonds. The van der Waals surface area contributed by atoms with E-state index in [1.165, 1.54) is 50.6 Å². The highest BCUT2D eigenvalue weighted by atomic mass is 79.9. The van der Waals surface area contributed by atoms with Crippen LogP contribution >= 0.6 is 27.5 Å². The molecule has 3 rings (SSSR count). The van der Waals surface area contributed by atoms with Gasteiger partial charge in [-0.15, -0.1) is 0 Å². The molecular weight excluding hydrogens is 576 g/mol. The molecule has 0 radical (unpaired) electrons. The number of nitrogens with one attached hydrogen (secondary N) is 1. The van der Waals surface area contributed by atoms with Crippen LogP contribution in [0, 0.1) is 17.0 Å². The first kappa shape index (κ1) is 27.1. The van der Waals surface area contributed by atoms with Crippen molar-refractivity contribution in [2.24, 2.45) is 5.10 Å². The normalized spacial score (nSPS) is 11.3. The Balaban J connectivity index is 2.00. The monoisotopic (exact) mass is 594 g/mol. The first-order valence-corrected chi connectivity index (χ1v) is 12.8. The average Bonchev–Trinajstić information content (AvgIpc) is 2.82. The summed E-state index contributed by atoms with van der Waals surface area (Å²) in [5.74, 6) is -0.650. The van der Waals surface area contributed by atoms with E-state index in [9.17, 15) is 23.3 Å². The number of sulfonamides is 1. The van der Waals surface area contributed by atoms with Crippen LogP contribution < -0.4 is 14.5 Å². The molecular formula is C23H20BrClN4O6S. The molecule has 13 heteroatoms. The predicted octanol–water partition coefficient (Wildman–Crippen LogP) is 4.67. The minimum atomic E-state index is -4.48. The highest BCUT2D eigenvalue weighted by molar-refractivity contribution is 9.10. The smallest absolute Gasteiger partial charge is 0.273 e. The van der Waals surface area contributed by atoms with E-state index < -0.39 is 27.4 Å². The van der Waals surface area contributed by atoms with Crippen molar-refractivity contribution in [1.29, 1.82) is 0 Å². The molecule has 0 aliphatic rings. The van der Waals surface area contributed by atoms with E-state index in [0.29, 0.717) is 5.56 Å². The number of amides is 1. The molecule has 188 valence electrons. The van der Waals surface area contributed by atoms with Crippen molar-refractivity contribution in [1.82, 2.24) is 5.43 Å². The fourth-order valence-corrected chi connectivity index (χ4v) is 5.19. The van der Waals surface area contributed by atoms with Crippen molar-refractivity contribution >= 4 is 61.1 Å². The van der Waals surface area contributed by atoms with Crippen molar-refractivity contribution in [2.45, 2.75) is 11.8 Å². The summed E-state index contributed by atoms with van der Waals surface area (Å²) in [4.78, 5) is 23.1. The van der Waals surface area contributed by atoms with Crippen molar-refractivity contribution in [2.75, 3.05) is 18.0 Å². The van der Waals surface area contributed by atoms with Gasteiger partial charge in [0.15, 0.2) is 0 Å². The SMILES string of the molecule is COc1ccc(Cl)cc1N(CC(=O)N/N=C\c1cccc(Br)c1)S(=O)(=O)c1ccc(C)c([N+](=O)[O-])c1. The number of carbonyl (C=O) groups excluding carboxylic acids is 1. The number of carbonyl (C=O) groups is 1. The van der Waals surface area contributed by atoms with Crippen molar-refractivity contribution in [3.63, 3.8) is 0 Å². The third kappa shape index (κ3) is 6.39. The lowest BCUT2D eigenvalue weighted by atomic mass is 10.2. The van der Waals surface area contributed by atoms with Crippen LogP contribution in [-0.2, 0) is 14.8 Å². The maximum Gasteiger partial charge on any atom is 0.273 e. The minimum Gasteiger partial charge on any atom is -0.495 e. The Morgan fingerprint density at radius 1 is 1.22 bits per heavy atom. The van der Waals surface area contributed by atoms with Gasteiger partial charge >= 0.3 is 0 Å². The average molecular weight is 596 g/mol. The molecule has 0 aliphatic heterocycles. The third-order valence-corrected chi connectivity index (χ3v) is 7.40. The van der Waals surface area contributed by atoms with Crippen LogP contribution in [0.5, 0.6) is 5.75 Å². The number of hydrazone groups is 1. The molecule has 0 saturated carbocycles. The van der Waals surface area contributed by atoms with Crippen LogP contribution in [0.4, 0.5) is 11.4 Å². The molecule has 10 nitrogen and oxygen atoms in total. The van der Waals surface area contributed by atoms with Crippen LogP contribution in [0.1, 0.15) is 11.1 Å². The lowest BCUT2D eigenvalue weighted by Crippen LogP contribution is -2.39.